The van der Waals surface area contributed by atoms with Crippen molar-refractivity contribution in [3.63, 3.8) is 0 Å². The predicted octanol–water partition coefficient (Wildman–Crippen LogP) is 5.27. The van der Waals surface area contributed by atoms with Crippen molar-refractivity contribution in [2.75, 3.05) is 26.2 Å². The lowest BCUT2D eigenvalue weighted by Crippen LogP contribution is -2.55. The third kappa shape index (κ3) is 8.91. The quantitative estimate of drug-likeness (QED) is 0.494. The lowest BCUT2D eigenvalue weighted by Gasteiger charge is -2.41. The van der Waals surface area contributed by atoms with E-state index in [9.17, 15) is 17.6 Å². The van der Waals surface area contributed by atoms with Gasteiger partial charge < -0.3 is 14.4 Å². The first kappa shape index (κ1) is 30.8. The number of carbonyl (C=O) groups excluding carboxylic acids is 1. The molecule has 0 aromatic heterocycles. The molecule has 1 aliphatic heterocycles. The van der Waals surface area contributed by atoms with Crippen LogP contribution in [0.5, 0.6) is 5.75 Å². The van der Waals surface area contributed by atoms with E-state index in [4.69, 9.17) is 9.47 Å². The molecule has 1 unspecified atom stereocenters. The molecule has 0 saturated carbocycles. The molecule has 1 N–H and O–H groups in total. The van der Waals surface area contributed by atoms with Crippen LogP contribution in [-0.2, 0) is 14.8 Å². The van der Waals surface area contributed by atoms with Gasteiger partial charge in [-0.25, -0.2) is 22.3 Å². The number of sulfonamides is 1. The molecule has 8 nitrogen and oxygen atoms in total. The Kier molecular flexibility index (Phi) is 9.35. The molecule has 0 bridgehead atoms. The van der Waals surface area contributed by atoms with Crippen LogP contribution in [0.25, 0.3) is 0 Å². The minimum Gasteiger partial charge on any atom is -0.484 e. The fourth-order valence-electron chi connectivity index (χ4n) is 4.37. The Morgan fingerprint density at radius 1 is 1.08 bits per heavy atom. The molecule has 0 radical (unpaired) electrons. The van der Waals surface area contributed by atoms with E-state index in [1.54, 1.807) is 50.8 Å². The minimum absolute atomic E-state index is 0.0798. The van der Waals surface area contributed by atoms with E-state index in [2.05, 4.69) is 9.62 Å². The first-order chi connectivity index (χ1) is 17.9. The number of hydrogen-bond acceptors (Lipinski definition) is 6. The van der Waals surface area contributed by atoms with Crippen molar-refractivity contribution in [2.24, 2.45) is 0 Å². The van der Waals surface area contributed by atoms with Gasteiger partial charge in [0.05, 0.1) is 4.90 Å². The molecule has 1 fully saturated rings. The van der Waals surface area contributed by atoms with Crippen LogP contribution in [0.3, 0.4) is 0 Å². The highest BCUT2D eigenvalue weighted by molar-refractivity contribution is 7.89. The van der Waals surface area contributed by atoms with Gasteiger partial charge in [0, 0.05) is 37.8 Å². The van der Waals surface area contributed by atoms with Gasteiger partial charge in [0.25, 0.3) is 0 Å². The maximum absolute atomic E-state index is 14.5. The highest BCUT2D eigenvalue weighted by Gasteiger charge is 2.32. The number of piperazine rings is 1. The summed E-state index contributed by atoms with van der Waals surface area (Å²) in [6.07, 6.45) is -0.852. The molecule has 1 saturated heterocycles. The molecule has 0 spiro atoms. The third-order valence-electron chi connectivity index (χ3n) is 6.18. The number of halogens is 1. The minimum atomic E-state index is -3.68. The van der Waals surface area contributed by atoms with E-state index < -0.39 is 27.3 Å². The van der Waals surface area contributed by atoms with Gasteiger partial charge in [-0.3, -0.25) is 4.90 Å². The average molecular weight is 564 g/mol. The number of ether oxygens (including phenoxy) is 2. The molecular weight excluding hydrogens is 521 g/mol. The molecule has 0 aliphatic carbocycles. The maximum Gasteiger partial charge on any atom is 0.410 e. The average Bonchev–Trinajstić information content (AvgIpc) is 2.78. The van der Waals surface area contributed by atoms with Crippen LogP contribution in [-0.4, -0.2) is 67.7 Å². The Morgan fingerprint density at radius 3 is 2.26 bits per heavy atom. The van der Waals surface area contributed by atoms with Gasteiger partial charge in [0.1, 0.15) is 23.3 Å². The molecule has 1 aliphatic rings. The Morgan fingerprint density at radius 2 is 1.72 bits per heavy atom. The van der Waals surface area contributed by atoms with Gasteiger partial charge in [0.2, 0.25) is 10.0 Å². The van der Waals surface area contributed by atoms with Crippen LogP contribution < -0.4 is 9.46 Å². The molecule has 2 aromatic carbocycles. The summed E-state index contributed by atoms with van der Waals surface area (Å²) in [6.45, 7) is 16.7. The Hall–Kier alpha value is -2.69. The smallest absolute Gasteiger partial charge is 0.410 e. The first-order valence-electron chi connectivity index (χ1n) is 13.2. The molecular formula is C29H42FN3O5S. The SMILES string of the molecule is Cc1ccc(C(CN2CCN(C(=O)OC(C)(C)C)[C@H](C)C2)Oc2ccc(S(=O)(=O)NC(C)(C)C)cc2)cc1F. The zero-order valence-corrected chi connectivity index (χ0v) is 25.1. The van der Waals surface area contributed by atoms with Crippen LogP contribution in [0, 0.1) is 12.7 Å². The second kappa shape index (κ2) is 11.8. The number of hydrogen-bond donors (Lipinski definition) is 1. The summed E-state index contributed by atoms with van der Waals surface area (Å²) in [4.78, 5) is 16.7. The Bertz CT molecular complexity index is 1250. The number of rotatable bonds is 7. The predicted molar refractivity (Wildman–Crippen MR) is 150 cm³/mol. The van der Waals surface area contributed by atoms with Gasteiger partial charge in [-0.2, -0.15) is 0 Å². The van der Waals surface area contributed by atoms with Crippen molar-refractivity contribution in [2.45, 2.75) is 83.6 Å². The molecule has 1 heterocycles. The zero-order valence-electron chi connectivity index (χ0n) is 24.2. The monoisotopic (exact) mass is 563 g/mol. The van der Waals surface area contributed by atoms with Crippen molar-refractivity contribution in [3.05, 3.63) is 59.4 Å². The largest absolute Gasteiger partial charge is 0.484 e. The fraction of sp³-hybridized carbons (Fsp3) is 0.552. The first-order valence-corrected chi connectivity index (χ1v) is 14.7. The molecule has 3 rings (SSSR count). The van der Waals surface area contributed by atoms with E-state index >= 15 is 0 Å². The lowest BCUT2D eigenvalue weighted by molar-refractivity contribution is -0.00299. The maximum atomic E-state index is 14.5. The van der Waals surface area contributed by atoms with E-state index in [1.807, 2.05) is 33.8 Å². The third-order valence-corrected chi connectivity index (χ3v) is 7.96. The van der Waals surface area contributed by atoms with Crippen LogP contribution in [0.4, 0.5) is 9.18 Å². The van der Waals surface area contributed by atoms with Crippen LogP contribution in [0.15, 0.2) is 47.4 Å². The van der Waals surface area contributed by atoms with E-state index in [0.29, 0.717) is 43.1 Å². The van der Waals surface area contributed by atoms with Gasteiger partial charge >= 0.3 is 6.09 Å². The summed E-state index contributed by atoms with van der Waals surface area (Å²) < 4.78 is 54.4. The van der Waals surface area contributed by atoms with Crippen molar-refractivity contribution >= 4 is 16.1 Å². The zero-order chi connectivity index (χ0) is 29.2. The Balaban J connectivity index is 1.77. The van der Waals surface area contributed by atoms with Crippen LogP contribution in [0.2, 0.25) is 0 Å². The van der Waals surface area contributed by atoms with Crippen molar-refractivity contribution in [1.29, 1.82) is 0 Å². The van der Waals surface area contributed by atoms with Gasteiger partial charge in [-0.1, -0.05) is 12.1 Å². The summed E-state index contributed by atoms with van der Waals surface area (Å²) in [5.41, 5.74) is 0.0312. The summed E-state index contributed by atoms with van der Waals surface area (Å²) in [6, 6.07) is 11.2. The molecule has 216 valence electrons. The van der Waals surface area contributed by atoms with E-state index in [-0.39, 0.29) is 22.8 Å². The van der Waals surface area contributed by atoms with Crippen molar-refractivity contribution in [3.8, 4) is 5.75 Å². The van der Waals surface area contributed by atoms with Crippen LogP contribution >= 0.6 is 0 Å². The number of amides is 1. The molecule has 10 heteroatoms. The molecule has 2 aromatic rings. The van der Waals surface area contributed by atoms with Gasteiger partial charge in [0.15, 0.2) is 0 Å². The lowest BCUT2D eigenvalue weighted by atomic mass is 10.0. The van der Waals surface area contributed by atoms with Crippen LogP contribution in [0.1, 0.15) is 65.7 Å². The molecule has 39 heavy (non-hydrogen) atoms. The summed E-state index contributed by atoms with van der Waals surface area (Å²) in [5, 5.41) is 0. The number of nitrogens with one attached hydrogen (secondary N) is 1. The number of carbonyl (C=O) groups is 1. The highest BCUT2D eigenvalue weighted by atomic mass is 32.2. The fourth-order valence-corrected chi connectivity index (χ4v) is 5.79. The van der Waals surface area contributed by atoms with Gasteiger partial charge in [-0.15, -0.1) is 0 Å². The number of aryl methyl sites for hydroxylation is 1. The normalized spacial score (nSPS) is 18.1. The van der Waals surface area contributed by atoms with Crippen molar-refractivity contribution in [1.82, 2.24) is 14.5 Å². The standard InChI is InChI=1S/C29H42FN3O5S/c1-20-9-10-22(17-25(20)30)26(19-32-15-16-33(21(2)18-32)27(34)38-29(6,7)8)37-23-11-13-24(14-12-23)39(35,36)31-28(3,4)5/h9-14,17,21,26,31H,15-16,18-19H2,1-8H3/t21-,26?/m1/s1. The summed E-state index contributed by atoms with van der Waals surface area (Å²) >= 11 is 0. The summed E-state index contributed by atoms with van der Waals surface area (Å²) in [5.74, 6) is 0.148. The number of nitrogens with zero attached hydrogens (tertiary/aromatic N) is 2. The second-order valence-electron chi connectivity index (χ2n) is 12.2. The van der Waals surface area contributed by atoms with E-state index in [1.165, 1.54) is 18.2 Å². The van der Waals surface area contributed by atoms with Crippen molar-refractivity contribution < 1.29 is 27.1 Å². The highest BCUT2D eigenvalue weighted by Crippen LogP contribution is 2.27. The molecule has 2 atom stereocenters. The van der Waals surface area contributed by atoms with E-state index in [0.717, 1.165) is 0 Å². The second-order valence-corrected chi connectivity index (χ2v) is 13.9. The Labute approximate surface area is 232 Å². The topological polar surface area (TPSA) is 88.2 Å². The van der Waals surface area contributed by atoms with Gasteiger partial charge in [-0.05, 0) is 96.8 Å². The summed E-state index contributed by atoms with van der Waals surface area (Å²) in [7, 11) is -3.68. The number of benzene rings is 2. The molecule has 1 amide bonds.